The van der Waals surface area contributed by atoms with E-state index in [2.05, 4.69) is 63.4 Å². The number of aromatic amines is 1. The number of aromatic nitrogens is 2. The van der Waals surface area contributed by atoms with Crippen LogP contribution in [0.3, 0.4) is 0 Å². The third-order valence-electron chi connectivity index (χ3n) is 3.38. The van der Waals surface area contributed by atoms with Gasteiger partial charge < -0.3 is 4.74 Å². The number of nitrogens with zero attached hydrogens (tertiary/aromatic N) is 1. The van der Waals surface area contributed by atoms with Crippen LogP contribution < -0.4 is 4.74 Å². The SMILES string of the molecule is Cc1c(Br)cccc1-c1ccc(OCc2cc[nH]n2)cc1. The number of H-pyrrole nitrogens is 1. The van der Waals surface area contributed by atoms with Crippen LogP contribution in [0, 0.1) is 6.92 Å². The summed E-state index contributed by atoms with van der Waals surface area (Å²) in [4.78, 5) is 0. The fourth-order valence-corrected chi connectivity index (χ4v) is 2.55. The minimum atomic E-state index is 0.471. The number of hydrogen-bond donors (Lipinski definition) is 1. The molecule has 0 bridgehead atoms. The van der Waals surface area contributed by atoms with Crippen LogP contribution in [0.2, 0.25) is 0 Å². The summed E-state index contributed by atoms with van der Waals surface area (Å²) in [5.74, 6) is 0.842. The monoisotopic (exact) mass is 342 g/mol. The molecule has 0 saturated heterocycles. The fourth-order valence-electron chi connectivity index (χ4n) is 2.18. The van der Waals surface area contributed by atoms with Gasteiger partial charge in [0.1, 0.15) is 12.4 Å². The highest BCUT2D eigenvalue weighted by molar-refractivity contribution is 9.10. The molecule has 0 radical (unpaired) electrons. The predicted molar refractivity (Wildman–Crippen MR) is 87.2 cm³/mol. The summed E-state index contributed by atoms with van der Waals surface area (Å²) in [6.07, 6.45) is 1.79. The molecule has 0 spiro atoms. The Bertz CT molecular complexity index is 721. The molecule has 1 N–H and O–H groups in total. The molecular weight excluding hydrogens is 328 g/mol. The van der Waals surface area contributed by atoms with Gasteiger partial charge in [0, 0.05) is 10.7 Å². The van der Waals surface area contributed by atoms with Crippen molar-refractivity contribution in [2.75, 3.05) is 0 Å². The maximum atomic E-state index is 5.70. The second-order valence-electron chi connectivity index (χ2n) is 4.79. The van der Waals surface area contributed by atoms with Gasteiger partial charge in [-0.2, -0.15) is 5.10 Å². The van der Waals surface area contributed by atoms with Gasteiger partial charge in [-0.15, -0.1) is 0 Å². The van der Waals surface area contributed by atoms with Crippen molar-refractivity contribution >= 4 is 15.9 Å². The van der Waals surface area contributed by atoms with Crippen molar-refractivity contribution < 1.29 is 4.74 Å². The maximum Gasteiger partial charge on any atom is 0.132 e. The Kier molecular flexibility index (Phi) is 4.06. The Hall–Kier alpha value is -2.07. The Morgan fingerprint density at radius 3 is 2.62 bits per heavy atom. The van der Waals surface area contributed by atoms with Gasteiger partial charge in [-0.3, -0.25) is 5.10 Å². The van der Waals surface area contributed by atoms with Gasteiger partial charge in [0.15, 0.2) is 0 Å². The first-order valence-corrected chi connectivity index (χ1v) is 7.50. The smallest absolute Gasteiger partial charge is 0.132 e. The molecule has 21 heavy (non-hydrogen) atoms. The standard InChI is InChI=1S/C17H15BrN2O/c1-12-16(3-2-4-17(12)18)13-5-7-15(8-6-13)21-11-14-9-10-19-20-14/h2-10H,11H2,1H3,(H,19,20). The molecule has 1 aromatic heterocycles. The average Bonchev–Trinajstić information content (AvgIpc) is 3.02. The van der Waals surface area contributed by atoms with Crippen molar-refractivity contribution in [3.8, 4) is 16.9 Å². The molecule has 0 amide bonds. The van der Waals surface area contributed by atoms with Gasteiger partial charge >= 0.3 is 0 Å². The van der Waals surface area contributed by atoms with Gasteiger partial charge in [0.05, 0.1) is 5.69 Å². The summed E-state index contributed by atoms with van der Waals surface area (Å²) in [7, 11) is 0. The van der Waals surface area contributed by atoms with Crippen molar-refractivity contribution in [3.05, 3.63) is 70.5 Å². The number of benzene rings is 2. The third-order valence-corrected chi connectivity index (χ3v) is 4.24. The molecule has 4 heteroatoms. The highest BCUT2D eigenvalue weighted by atomic mass is 79.9. The van der Waals surface area contributed by atoms with Crippen molar-refractivity contribution in [2.45, 2.75) is 13.5 Å². The number of ether oxygens (including phenoxy) is 1. The second-order valence-corrected chi connectivity index (χ2v) is 5.65. The van der Waals surface area contributed by atoms with E-state index in [9.17, 15) is 0 Å². The Morgan fingerprint density at radius 1 is 1.10 bits per heavy atom. The summed E-state index contributed by atoms with van der Waals surface area (Å²) >= 11 is 3.57. The number of nitrogens with one attached hydrogen (secondary N) is 1. The minimum Gasteiger partial charge on any atom is -0.487 e. The van der Waals surface area contributed by atoms with E-state index in [1.165, 1.54) is 16.7 Å². The quantitative estimate of drug-likeness (QED) is 0.744. The maximum absolute atomic E-state index is 5.70. The minimum absolute atomic E-state index is 0.471. The van der Waals surface area contributed by atoms with Crippen LogP contribution in [0.25, 0.3) is 11.1 Å². The largest absolute Gasteiger partial charge is 0.487 e. The molecule has 1 heterocycles. The van der Waals surface area contributed by atoms with Crippen LogP contribution in [0.15, 0.2) is 59.2 Å². The summed E-state index contributed by atoms with van der Waals surface area (Å²) < 4.78 is 6.83. The molecule has 0 aliphatic carbocycles. The molecule has 3 nitrogen and oxygen atoms in total. The zero-order valence-electron chi connectivity index (χ0n) is 11.6. The average molecular weight is 343 g/mol. The molecule has 0 saturated carbocycles. The number of rotatable bonds is 4. The van der Waals surface area contributed by atoms with Gasteiger partial charge in [0.2, 0.25) is 0 Å². The van der Waals surface area contributed by atoms with E-state index >= 15 is 0 Å². The summed E-state index contributed by atoms with van der Waals surface area (Å²) in [5.41, 5.74) is 4.54. The summed E-state index contributed by atoms with van der Waals surface area (Å²) in [6, 6.07) is 16.3. The second kappa shape index (κ2) is 6.14. The molecule has 0 fully saturated rings. The van der Waals surface area contributed by atoms with E-state index in [0.29, 0.717) is 6.61 Å². The van der Waals surface area contributed by atoms with E-state index in [1.807, 2.05) is 18.2 Å². The number of hydrogen-bond acceptors (Lipinski definition) is 2. The van der Waals surface area contributed by atoms with Crippen molar-refractivity contribution in [1.82, 2.24) is 10.2 Å². The first-order valence-electron chi connectivity index (χ1n) is 6.71. The lowest BCUT2D eigenvalue weighted by atomic mass is 10.0. The van der Waals surface area contributed by atoms with E-state index < -0.39 is 0 Å². The van der Waals surface area contributed by atoms with Crippen LogP contribution in [-0.2, 0) is 6.61 Å². The van der Waals surface area contributed by atoms with Gasteiger partial charge in [0.25, 0.3) is 0 Å². The van der Waals surface area contributed by atoms with E-state index in [0.717, 1.165) is 15.9 Å². The van der Waals surface area contributed by atoms with E-state index in [4.69, 9.17) is 4.74 Å². The van der Waals surface area contributed by atoms with Crippen LogP contribution in [0.1, 0.15) is 11.3 Å². The zero-order valence-corrected chi connectivity index (χ0v) is 13.2. The zero-order chi connectivity index (χ0) is 14.7. The van der Waals surface area contributed by atoms with Crippen LogP contribution in [-0.4, -0.2) is 10.2 Å². The Labute approximate surface area is 132 Å². The summed E-state index contributed by atoms with van der Waals surface area (Å²) in [6.45, 7) is 2.58. The molecule has 0 unspecified atom stereocenters. The first kappa shape index (κ1) is 13.9. The molecule has 2 aromatic carbocycles. The predicted octanol–water partition coefficient (Wildman–Crippen LogP) is 4.73. The van der Waals surface area contributed by atoms with Crippen molar-refractivity contribution in [2.24, 2.45) is 0 Å². The first-order chi connectivity index (χ1) is 10.2. The topological polar surface area (TPSA) is 37.9 Å². The lowest BCUT2D eigenvalue weighted by molar-refractivity contribution is 0.301. The number of halogens is 1. The van der Waals surface area contributed by atoms with Crippen LogP contribution in [0.4, 0.5) is 0 Å². The van der Waals surface area contributed by atoms with Crippen molar-refractivity contribution in [1.29, 1.82) is 0 Å². The normalized spacial score (nSPS) is 10.6. The van der Waals surface area contributed by atoms with Gasteiger partial charge in [-0.25, -0.2) is 0 Å². The highest BCUT2D eigenvalue weighted by Gasteiger charge is 2.05. The molecule has 0 aliphatic heterocycles. The molecule has 3 rings (SSSR count). The third kappa shape index (κ3) is 3.16. The highest BCUT2D eigenvalue weighted by Crippen LogP contribution is 2.29. The summed E-state index contributed by atoms with van der Waals surface area (Å²) in [5, 5.41) is 6.84. The van der Waals surface area contributed by atoms with Gasteiger partial charge in [-0.1, -0.05) is 40.2 Å². The Balaban J connectivity index is 1.76. The van der Waals surface area contributed by atoms with Crippen LogP contribution in [0.5, 0.6) is 5.75 Å². The lowest BCUT2D eigenvalue weighted by Gasteiger charge is -2.09. The van der Waals surface area contributed by atoms with E-state index in [-0.39, 0.29) is 0 Å². The molecule has 0 aliphatic rings. The molecule has 0 atom stereocenters. The van der Waals surface area contributed by atoms with Gasteiger partial charge in [-0.05, 0) is 47.9 Å². The van der Waals surface area contributed by atoms with Crippen LogP contribution >= 0.6 is 15.9 Å². The molecular formula is C17H15BrN2O. The molecule has 3 aromatic rings. The van der Waals surface area contributed by atoms with Crippen molar-refractivity contribution in [3.63, 3.8) is 0 Å². The Morgan fingerprint density at radius 2 is 1.90 bits per heavy atom. The van der Waals surface area contributed by atoms with E-state index in [1.54, 1.807) is 6.20 Å². The lowest BCUT2D eigenvalue weighted by Crippen LogP contribution is -1.95. The molecule has 106 valence electrons. The fraction of sp³-hybridized carbons (Fsp3) is 0.118.